The zero-order valence-corrected chi connectivity index (χ0v) is 14.7. The molecular formula is C17H20N2O4S. The van der Waals surface area contributed by atoms with Crippen LogP contribution in [0.1, 0.15) is 32.3 Å². The van der Waals surface area contributed by atoms with Gasteiger partial charge in [0.25, 0.3) is 15.7 Å². The van der Waals surface area contributed by atoms with E-state index in [4.69, 9.17) is 0 Å². The Morgan fingerprint density at radius 3 is 2.25 bits per heavy atom. The van der Waals surface area contributed by atoms with Crippen molar-refractivity contribution in [3.05, 3.63) is 64.2 Å². The Morgan fingerprint density at radius 2 is 1.75 bits per heavy atom. The van der Waals surface area contributed by atoms with E-state index in [-0.39, 0.29) is 17.1 Å². The van der Waals surface area contributed by atoms with Crippen LogP contribution in [0.3, 0.4) is 0 Å². The van der Waals surface area contributed by atoms with Gasteiger partial charge in [-0.2, -0.15) is 0 Å². The summed E-state index contributed by atoms with van der Waals surface area (Å²) in [5.41, 5.74) is 1.40. The highest BCUT2D eigenvalue weighted by atomic mass is 32.2. The molecule has 0 aliphatic rings. The number of hydrogen-bond donors (Lipinski definition) is 0. The first-order chi connectivity index (χ1) is 11.3. The fourth-order valence-corrected chi connectivity index (χ4v) is 3.92. The van der Waals surface area contributed by atoms with Gasteiger partial charge in [0.1, 0.15) is 0 Å². The van der Waals surface area contributed by atoms with E-state index >= 15 is 0 Å². The van der Waals surface area contributed by atoms with Crippen LogP contribution in [0.5, 0.6) is 0 Å². The van der Waals surface area contributed by atoms with E-state index in [1.54, 1.807) is 19.1 Å². The number of benzene rings is 2. The van der Waals surface area contributed by atoms with E-state index in [9.17, 15) is 18.5 Å². The molecule has 0 spiro atoms. The maximum absolute atomic E-state index is 12.9. The average molecular weight is 348 g/mol. The van der Waals surface area contributed by atoms with Gasteiger partial charge < -0.3 is 0 Å². The fraction of sp³-hybridized carbons (Fsp3) is 0.294. The quantitative estimate of drug-likeness (QED) is 0.585. The lowest BCUT2D eigenvalue weighted by Crippen LogP contribution is -2.30. The van der Waals surface area contributed by atoms with Gasteiger partial charge in [-0.15, -0.1) is 0 Å². The van der Waals surface area contributed by atoms with Crippen molar-refractivity contribution in [2.45, 2.75) is 31.6 Å². The van der Waals surface area contributed by atoms with Gasteiger partial charge in [0.15, 0.2) is 0 Å². The van der Waals surface area contributed by atoms with Crippen LogP contribution in [0.4, 0.5) is 11.4 Å². The Balaban J connectivity index is 2.45. The van der Waals surface area contributed by atoms with Crippen molar-refractivity contribution >= 4 is 21.4 Å². The van der Waals surface area contributed by atoms with Crippen LogP contribution in [-0.2, 0) is 10.0 Å². The number of hydrogen-bond acceptors (Lipinski definition) is 4. The molecule has 24 heavy (non-hydrogen) atoms. The summed E-state index contributed by atoms with van der Waals surface area (Å²) in [7, 11) is -3.86. The minimum atomic E-state index is -3.86. The fourth-order valence-electron chi connectivity index (χ4n) is 2.40. The largest absolute Gasteiger partial charge is 0.270 e. The van der Waals surface area contributed by atoms with Crippen LogP contribution < -0.4 is 4.31 Å². The molecule has 0 radical (unpaired) electrons. The topological polar surface area (TPSA) is 80.5 Å². The summed E-state index contributed by atoms with van der Waals surface area (Å²) >= 11 is 0. The Labute approximate surface area is 141 Å². The van der Waals surface area contributed by atoms with E-state index in [0.29, 0.717) is 11.6 Å². The highest BCUT2D eigenvalue weighted by Gasteiger charge is 2.25. The number of rotatable bonds is 6. The summed E-state index contributed by atoms with van der Waals surface area (Å²) in [6.45, 7) is 6.08. The zero-order valence-electron chi connectivity index (χ0n) is 13.8. The summed E-state index contributed by atoms with van der Waals surface area (Å²) in [5.74, 6) is 0.350. The van der Waals surface area contributed by atoms with Gasteiger partial charge in [-0.1, -0.05) is 32.0 Å². The highest BCUT2D eigenvalue weighted by Crippen LogP contribution is 2.27. The van der Waals surface area contributed by atoms with Gasteiger partial charge in [0.2, 0.25) is 0 Å². The molecule has 0 saturated carbocycles. The van der Waals surface area contributed by atoms with Crippen molar-refractivity contribution in [2.24, 2.45) is 0 Å². The average Bonchev–Trinajstić information content (AvgIpc) is 2.56. The molecule has 2 aromatic carbocycles. The van der Waals surface area contributed by atoms with Gasteiger partial charge in [-0.05, 0) is 36.6 Å². The lowest BCUT2D eigenvalue weighted by molar-refractivity contribution is -0.385. The summed E-state index contributed by atoms with van der Waals surface area (Å²) in [6.07, 6.45) is 0. The molecule has 6 nitrogen and oxygen atoms in total. The Hall–Kier alpha value is -2.41. The van der Waals surface area contributed by atoms with Crippen molar-refractivity contribution < 1.29 is 13.3 Å². The summed E-state index contributed by atoms with van der Waals surface area (Å²) in [5, 5.41) is 10.9. The zero-order chi connectivity index (χ0) is 17.9. The van der Waals surface area contributed by atoms with Crippen molar-refractivity contribution in [3.8, 4) is 0 Å². The smallest absolute Gasteiger partial charge is 0.267 e. The maximum Gasteiger partial charge on any atom is 0.270 e. The van der Waals surface area contributed by atoms with Gasteiger partial charge in [-0.25, -0.2) is 8.42 Å². The molecule has 0 amide bonds. The summed E-state index contributed by atoms with van der Waals surface area (Å²) < 4.78 is 27.0. The first kappa shape index (κ1) is 17.9. The molecule has 0 aliphatic heterocycles. The van der Waals surface area contributed by atoms with Crippen LogP contribution in [-0.4, -0.2) is 19.9 Å². The molecule has 0 atom stereocenters. The second-order valence-corrected chi connectivity index (χ2v) is 7.53. The van der Waals surface area contributed by atoms with Crippen molar-refractivity contribution in [1.29, 1.82) is 0 Å². The minimum Gasteiger partial charge on any atom is -0.267 e. The molecule has 0 saturated heterocycles. The highest BCUT2D eigenvalue weighted by molar-refractivity contribution is 7.92. The van der Waals surface area contributed by atoms with Gasteiger partial charge in [0.05, 0.1) is 15.5 Å². The first-order valence-corrected chi connectivity index (χ1v) is 9.08. The molecule has 2 rings (SSSR count). The van der Waals surface area contributed by atoms with E-state index in [1.807, 2.05) is 12.1 Å². The van der Waals surface area contributed by atoms with Crippen LogP contribution in [0.2, 0.25) is 0 Å². The van der Waals surface area contributed by atoms with E-state index in [1.165, 1.54) is 22.5 Å². The first-order valence-electron chi connectivity index (χ1n) is 7.64. The predicted octanol–water partition coefficient (Wildman–Crippen LogP) is 3.93. The molecule has 0 aliphatic carbocycles. The summed E-state index contributed by atoms with van der Waals surface area (Å²) in [6, 6.07) is 12.4. The molecule has 2 aromatic rings. The second kappa shape index (κ2) is 7.00. The van der Waals surface area contributed by atoms with Crippen LogP contribution in [0.25, 0.3) is 0 Å². The molecule has 0 bridgehead atoms. The molecule has 128 valence electrons. The Bertz CT molecular complexity index is 830. The second-order valence-electron chi connectivity index (χ2n) is 5.67. The van der Waals surface area contributed by atoms with E-state index in [0.717, 1.165) is 11.6 Å². The third-order valence-corrected chi connectivity index (χ3v) is 5.65. The van der Waals surface area contributed by atoms with Crippen molar-refractivity contribution in [1.82, 2.24) is 0 Å². The number of non-ortho nitro benzene ring substituents is 1. The minimum absolute atomic E-state index is 0.0912. The standard InChI is InChI=1S/C17H20N2O4S/c1-4-18(15-10-8-14(9-11-15)13(2)3)24(22,23)17-7-5-6-16(12-17)19(20)21/h5-13H,4H2,1-3H3. The Morgan fingerprint density at radius 1 is 1.12 bits per heavy atom. The SMILES string of the molecule is CCN(c1ccc(C(C)C)cc1)S(=O)(=O)c1cccc([N+](=O)[O-])c1. The van der Waals surface area contributed by atoms with Gasteiger partial charge >= 0.3 is 0 Å². The molecule has 7 heteroatoms. The Kier molecular flexibility index (Phi) is 5.23. The number of nitrogens with zero attached hydrogens (tertiary/aromatic N) is 2. The van der Waals surface area contributed by atoms with Crippen LogP contribution in [0, 0.1) is 10.1 Å². The lowest BCUT2D eigenvalue weighted by atomic mass is 10.0. The monoisotopic (exact) mass is 348 g/mol. The van der Waals surface area contributed by atoms with Crippen LogP contribution >= 0.6 is 0 Å². The normalized spacial score (nSPS) is 11.5. The van der Waals surface area contributed by atoms with Gasteiger partial charge in [-0.3, -0.25) is 14.4 Å². The molecule has 0 N–H and O–H groups in total. The van der Waals surface area contributed by atoms with Crippen molar-refractivity contribution in [2.75, 3.05) is 10.8 Å². The summed E-state index contributed by atoms with van der Waals surface area (Å²) in [4.78, 5) is 10.2. The molecule has 0 fully saturated rings. The molecule has 0 unspecified atom stereocenters. The van der Waals surface area contributed by atoms with E-state index in [2.05, 4.69) is 13.8 Å². The predicted molar refractivity (Wildman–Crippen MR) is 93.8 cm³/mol. The van der Waals surface area contributed by atoms with Crippen LogP contribution in [0.15, 0.2) is 53.4 Å². The number of nitro benzene ring substituents is 1. The third-order valence-electron chi connectivity index (χ3n) is 3.75. The van der Waals surface area contributed by atoms with Gasteiger partial charge in [0, 0.05) is 18.7 Å². The molecule has 0 heterocycles. The maximum atomic E-state index is 12.9. The van der Waals surface area contributed by atoms with E-state index < -0.39 is 14.9 Å². The molecular weight excluding hydrogens is 328 g/mol. The lowest BCUT2D eigenvalue weighted by Gasteiger charge is -2.23. The molecule has 0 aromatic heterocycles. The van der Waals surface area contributed by atoms with Crippen molar-refractivity contribution in [3.63, 3.8) is 0 Å². The number of anilines is 1. The third kappa shape index (κ3) is 3.56. The number of sulfonamides is 1. The number of nitro groups is 1.